The largest absolute Gasteiger partial charge is 1.00 e. The Morgan fingerprint density at radius 3 is 2.15 bits per heavy atom. The van der Waals surface area contributed by atoms with E-state index in [1.54, 1.807) is 0 Å². The van der Waals surface area contributed by atoms with Crippen molar-refractivity contribution in [3.63, 3.8) is 0 Å². The normalized spacial score (nSPS) is 12.0. The van der Waals surface area contributed by atoms with Crippen molar-refractivity contribution < 1.29 is 26.4 Å². The van der Waals surface area contributed by atoms with E-state index in [2.05, 4.69) is 81.7 Å². The maximum atomic E-state index is 12.0. The van der Waals surface area contributed by atoms with Crippen molar-refractivity contribution in [2.75, 3.05) is 27.2 Å². The van der Waals surface area contributed by atoms with Crippen LogP contribution in [0.3, 0.4) is 0 Å². The molecule has 0 aliphatic rings. The van der Waals surface area contributed by atoms with Crippen LogP contribution >= 0.6 is 0 Å². The van der Waals surface area contributed by atoms with Crippen LogP contribution < -0.4 is 12.4 Å². The zero-order valence-corrected chi connectivity index (χ0v) is 21.9. The van der Waals surface area contributed by atoms with Gasteiger partial charge >= 0.3 is 5.97 Å². The number of nitrogens with zero attached hydrogens (tertiary/aromatic N) is 1. The number of carbonyl (C=O) groups is 1. The lowest BCUT2D eigenvalue weighted by Crippen LogP contribution is -3.00. The van der Waals surface area contributed by atoms with E-state index in [4.69, 9.17) is 4.74 Å². The van der Waals surface area contributed by atoms with Gasteiger partial charge in [-0.05, 0) is 38.5 Å². The van der Waals surface area contributed by atoms with Crippen LogP contribution in [-0.2, 0) is 16.1 Å². The molecule has 0 spiro atoms. The second-order valence-electron chi connectivity index (χ2n) is 9.12. The highest BCUT2D eigenvalue weighted by Gasteiger charge is 2.16. The van der Waals surface area contributed by atoms with Gasteiger partial charge < -0.3 is 21.6 Å². The maximum absolute atomic E-state index is 12.0. The topological polar surface area (TPSA) is 26.3 Å². The van der Waals surface area contributed by atoms with Crippen LogP contribution in [-0.4, -0.2) is 37.7 Å². The number of ether oxygens (including phenoxy) is 1. The smallest absolute Gasteiger partial charge is 0.305 e. The van der Waals surface area contributed by atoms with Gasteiger partial charge in [-0.3, -0.25) is 4.79 Å². The minimum atomic E-state index is -0.0501. The van der Waals surface area contributed by atoms with Crippen LogP contribution in [0.25, 0.3) is 0 Å². The van der Waals surface area contributed by atoms with Gasteiger partial charge in [0.2, 0.25) is 0 Å². The fraction of sp³-hybridized carbons (Fsp3) is 0.552. The van der Waals surface area contributed by atoms with Crippen molar-refractivity contribution in [1.82, 2.24) is 0 Å². The summed E-state index contributed by atoms with van der Waals surface area (Å²) in [7, 11) is 4.36. The molecule has 0 aliphatic heterocycles. The Labute approximate surface area is 209 Å². The van der Waals surface area contributed by atoms with Gasteiger partial charge in [-0.1, -0.05) is 93.0 Å². The highest BCUT2D eigenvalue weighted by Crippen LogP contribution is 2.10. The number of esters is 1. The van der Waals surface area contributed by atoms with Crippen LogP contribution in [0.5, 0.6) is 0 Å². The molecule has 33 heavy (non-hydrogen) atoms. The van der Waals surface area contributed by atoms with Crippen LogP contribution in [0, 0.1) is 0 Å². The first-order chi connectivity index (χ1) is 15.5. The van der Waals surface area contributed by atoms with Crippen LogP contribution in [0.4, 0.5) is 0 Å². The SMILES string of the molecule is CCC=CCC=CCC=CCCCCCCCC(=O)OCC[N+](C)(C)Cc1ccccc1.[Cl-]. The summed E-state index contributed by atoms with van der Waals surface area (Å²) in [5.74, 6) is -0.0501. The second kappa shape index (κ2) is 20.7. The summed E-state index contributed by atoms with van der Waals surface area (Å²) < 4.78 is 6.28. The summed E-state index contributed by atoms with van der Waals surface area (Å²) >= 11 is 0. The Morgan fingerprint density at radius 1 is 0.848 bits per heavy atom. The Bertz CT molecular complexity index is 680. The number of hydrogen-bond acceptors (Lipinski definition) is 2. The summed E-state index contributed by atoms with van der Waals surface area (Å²) in [6, 6.07) is 10.5. The summed E-state index contributed by atoms with van der Waals surface area (Å²) in [6.07, 6.45) is 24.1. The number of benzene rings is 1. The van der Waals surface area contributed by atoms with Crippen molar-refractivity contribution in [2.24, 2.45) is 0 Å². The number of allylic oxidation sites excluding steroid dienone is 6. The van der Waals surface area contributed by atoms with Crippen molar-refractivity contribution in [1.29, 1.82) is 0 Å². The van der Waals surface area contributed by atoms with E-state index in [1.165, 1.54) is 24.8 Å². The first-order valence-corrected chi connectivity index (χ1v) is 12.5. The molecule has 0 saturated heterocycles. The number of likely N-dealkylation sites (N-methyl/N-ethyl adjacent to an activating group) is 1. The Kier molecular flexibility index (Phi) is 19.6. The maximum Gasteiger partial charge on any atom is 0.305 e. The zero-order valence-electron chi connectivity index (χ0n) is 21.2. The highest BCUT2D eigenvalue weighted by atomic mass is 35.5. The molecule has 0 amide bonds. The molecule has 1 aromatic carbocycles. The minimum absolute atomic E-state index is 0. The van der Waals surface area contributed by atoms with Crippen molar-refractivity contribution in [3.8, 4) is 0 Å². The molecule has 3 nitrogen and oxygen atoms in total. The Hall–Kier alpha value is -1.84. The monoisotopic (exact) mass is 475 g/mol. The molecule has 0 unspecified atom stereocenters. The molecule has 0 N–H and O–H groups in total. The van der Waals surface area contributed by atoms with Gasteiger partial charge in [0, 0.05) is 12.0 Å². The lowest BCUT2D eigenvalue weighted by molar-refractivity contribution is -0.903. The molecule has 1 rings (SSSR count). The van der Waals surface area contributed by atoms with E-state index in [1.807, 2.05) is 6.07 Å². The third kappa shape index (κ3) is 19.3. The van der Waals surface area contributed by atoms with E-state index in [0.717, 1.165) is 56.1 Å². The lowest BCUT2D eigenvalue weighted by Gasteiger charge is -2.29. The van der Waals surface area contributed by atoms with Gasteiger partial charge in [0.1, 0.15) is 19.7 Å². The predicted octanol–water partition coefficient (Wildman–Crippen LogP) is 4.40. The predicted molar refractivity (Wildman–Crippen MR) is 137 cm³/mol. The molecule has 1 aromatic rings. The second-order valence-corrected chi connectivity index (χ2v) is 9.12. The van der Waals surface area contributed by atoms with Gasteiger partial charge in [-0.25, -0.2) is 0 Å². The quantitative estimate of drug-likeness (QED) is 0.136. The van der Waals surface area contributed by atoms with Crippen molar-refractivity contribution in [2.45, 2.75) is 77.7 Å². The molecular formula is C29H46ClNO2. The molecule has 0 radical (unpaired) electrons. The van der Waals surface area contributed by atoms with Crippen LogP contribution in [0.2, 0.25) is 0 Å². The Balaban J connectivity index is 0.0000102. The van der Waals surface area contributed by atoms with Gasteiger partial charge in [-0.15, -0.1) is 0 Å². The van der Waals surface area contributed by atoms with Crippen LogP contribution in [0.1, 0.15) is 76.7 Å². The fourth-order valence-electron chi connectivity index (χ4n) is 3.52. The number of halogens is 1. The summed E-state index contributed by atoms with van der Waals surface area (Å²) in [5.41, 5.74) is 1.31. The van der Waals surface area contributed by atoms with E-state index in [9.17, 15) is 4.79 Å². The van der Waals surface area contributed by atoms with Crippen LogP contribution in [0.15, 0.2) is 66.8 Å². The zero-order chi connectivity index (χ0) is 23.3. The van der Waals surface area contributed by atoms with Gasteiger partial charge in [0.25, 0.3) is 0 Å². The molecule has 0 bridgehead atoms. The first-order valence-electron chi connectivity index (χ1n) is 12.5. The van der Waals surface area contributed by atoms with E-state index < -0.39 is 0 Å². The number of rotatable bonds is 18. The lowest BCUT2D eigenvalue weighted by atomic mass is 10.1. The number of quaternary nitrogens is 1. The third-order valence-corrected chi connectivity index (χ3v) is 5.44. The van der Waals surface area contributed by atoms with E-state index >= 15 is 0 Å². The number of carbonyl (C=O) groups excluding carboxylic acids is 1. The van der Waals surface area contributed by atoms with Gasteiger partial charge in [0.15, 0.2) is 0 Å². The Morgan fingerprint density at radius 2 is 1.45 bits per heavy atom. The summed E-state index contributed by atoms with van der Waals surface area (Å²) in [4.78, 5) is 12.0. The fourth-order valence-corrected chi connectivity index (χ4v) is 3.52. The third-order valence-electron chi connectivity index (χ3n) is 5.44. The van der Waals surface area contributed by atoms with Gasteiger partial charge in [0.05, 0.1) is 14.1 Å². The average Bonchev–Trinajstić information content (AvgIpc) is 2.76. The molecule has 0 heterocycles. The van der Waals surface area contributed by atoms with E-state index in [-0.39, 0.29) is 18.4 Å². The average molecular weight is 476 g/mol. The van der Waals surface area contributed by atoms with Gasteiger partial charge in [-0.2, -0.15) is 0 Å². The van der Waals surface area contributed by atoms with Crippen molar-refractivity contribution >= 4 is 5.97 Å². The molecular weight excluding hydrogens is 430 g/mol. The molecule has 4 heteroatoms. The molecule has 0 aliphatic carbocycles. The summed E-state index contributed by atoms with van der Waals surface area (Å²) in [6.45, 7) is 4.43. The standard InChI is InChI=1S/C29H46NO2.ClH/c1-4-5-6-7-8-9-10-11-12-13-14-15-16-17-21-24-29(31)32-26-25-30(2,3)27-28-22-19-18-20-23-28;/h5-6,8-9,11-12,18-20,22-23H,4,7,10,13-17,21,24-27H2,1-3H3;1H/q+1;/p-1. The summed E-state index contributed by atoms with van der Waals surface area (Å²) in [5, 5.41) is 0. The van der Waals surface area contributed by atoms with E-state index in [0.29, 0.717) is 13.0 Å². The molecule has 0 fully saturated rings. The highest BCUT2D eigenvalue weighted by molar-refractivity contribution is 5.69. The minimum Gasteiger partial charge on any atom is -1.00 e. The molecule has 0 aromatic heterocycles. The molecule has 186 valence electrons. The molecule has 0 saturated carbocycles. The first kappa shape index (κ1) is 31.2. The molecule has 0 atom stereocenters. The van der Waals surface area contributed by atoms with Crippen molar-refractivity contribution in [3.05, 3.63) is 72.4 Å². The number of unbranched alkanes of at least 4 members (excludes halogenated alkanes) is 5. The number of hydrogen-bond donors (Lipinski definition) is 0.